The van der Waals surface area contributed by atoms with Crippen LogP contribution in [-0.4, -0.2) is 55.2 Å². The second-order valence-corrected chi connectivity index (χ2v) is 8.35. The van der Waals surface area contributed by atoms with Gasteiger partial charge in [0.15, 0.2) is 5.96 Å². The number of hydrogen-bond acceptors (Lipinski definition) is 5. The summed E-state index contributed by atoms with van der Waals surface area (Å²) < 4.78 is 11.7. The average molecular weight is 412 g/mol. The van der Waals surface area contributed by atoms with Crippen molar-refractivity contribution >= 4 is 5.96 Å². The van der Waals surface area contributed by atoms with Crippen molar-refractivity contribution < 1.29 is 9.15 Å². The Bertz CT molecular complexity index is 826. The summed E-state index contributed by atoms with van der Waals surface area (Å²) in [5, 5.41) is 6.91. The second-order valence-electron chi connectivity index (χ2n) is 8.35. The molecule has 1 aromatic carbocycles. The molecule has 2 aromatic rings. The number of ether oxygens (including phenoxy) is 1. The maximum Gasteiger partial charge on any atom is 0.208 e. The summed E-state index contributed by atoms with van der Waals surface area (Å²) in [7, 11) is 1.82. The van der Waals surface area contributed by atoms with Crippen LogP contribution in [0.4, 0.5) is 0 Å². The molecular weight excluding hydrogens is 378 g/mol. The lowest BCUT2D eigenvalue weighted by Crippen LogP contribution is -2.45. The number of oxazole rings is 1. The number of aryl methyl sites for hydroxylation is 2. The molecule has 3 heterocycles. The molecular formula is C23H33N5O2. The number of fused-ring (bicyclic) bond motifs is 1. The SMILES string of the molecule is CN=C(NCC1CCN(Cc2nc(C)c(C)o2)CC1)NCC1Cc2ccccc2O1. The molecule has 0 radical (unpaired) electrons. The number of piperidine rings is 1. The number of aliphatic imine (C=N–C) groups is 1. The summed E-state index contributed by atoms with van der Waals surface area (Å²) in [4.78, 5) is 11.3. The van der Waals surface area contributed by atoms with Gasteiger partial charge in [-0.1, -0.05) is 18.2 Å². The zero-order valence-corrected chi connectivity index (χ0v) is 18.3. The van der Waals surface area contributed by atoms with E-state index in [9.17, 15) is 0 Å². The minimum Gasteiger partial charge on any atom is -0.488 e. The third kappa shape index (κ3) is 5.14. The number of rotatable bonds is 6. The van der Waals surface area contributed by atoms with Crippen molar-refractivity contribution in [2.75, 3.05) is 33.2 Å². The molecule has 0 saturated carbocycles. The number of guanidine groups is 1. The number of nitrogens with zero attached hydrogens (tertiary/aromatic N) is 3. The second kappa shape index (κ2) is 9.51. The standard InChI is InChI=1S/C23H33N5O2/c1-16-17(2)29-22(27-16)15-28-10-8-18(9-11-28)13-25-23(24-3)26-14-20-12-19-6-4-5-7-21(19)30-20/h4-7,18,20H,8-15H2,1-3H3,(H2,24,25,26). The number of benzene rings is 1. The Hall–Kier alpha value is -2.54. The molecule has 1 aromatic heterocycles. The van der Waals surface area contributed by atoms with Crippen molar-refractivity contribution in [3.63, 3.8) is 0 Å². The number of hydrogen-bond donors (Lipinski definition) is 2. The maximum absolute atomic E-state index is 6.00. The predicted octanol–water partition coefficient (Wildman–Crippen LogP) is 2.67. The third-order valence-corrected chi connectivity index (χ3v) is 6.13. The molecule has 2 aliphatic rings. The van der Waals surface area contributed by atoms with E-state index in [1.165, 1.54) is 18.4 Å². The van der Waals surface area contributed by atoms with E-state index in [1.54, 1.807) is 0 Å². The summed E-state index contributed by atoms with van der Waals surface area (Å²) in [6.45, 7) is 8.63. The number of likely N-dealkylation sites (tertiary alicyclic amines) is 1. The Morgan fingerprint density at radius 2 is 1.93 bits per heavy atom. The molecule has 1 fully saturated rings. The van der Waals surface area contributed by atoms with Crippen LogP contribution in [0.1, 0.15) is 35.7 Å². The summed E-state index contributed by atoms with van der Waals surface area (Å²) >= 11 is 0. The first-order valence-electron chi connectivity index (χ1n) is 10.9. The van der Waals surface area contributed by atoms with Gasteiger partial charge >= 0.3 is 0 Å². The highest BCUT2D eigenvalue weighted by molar-refractivity contribution is 5.79. The lowest BCUT2D eigenvalue weighted by molar-refractivity contribution is 0.164. The van der Waals surface area contributed by atoms with E-state index in [2.05, 4.69) is 37.6 Å². The molecule has 2 N–H and O–H groups in total. The summed E-state index contributed by atoms with van der Waals surface area (Å²) in [5.41, 5.74) is 2.28. The average Bonchev–Trinajstić information content (AvgIpc) is 3.31. The minimum absolute atomic E-state index is 0.159. The van der Waals surface area contributed by atoms with E-state index in [4.69, 9.17) is 9.15 Å². The zero-order valence-electron chi connectivity index (χ0n) is 18.3. The third-order valence-electron chi connectivity index (χ3n) is 6.13. The Balaban J connectivity index is 1.15. The van der Waals surface area contributed by atoms with E-state index >= 15 is 0 Å². The van der Waals surface area contributed by atoms with Crippen LogP contribution in [-0.2, 0) is 13.0 Å². The van der Waals surface area contributed by atoms with Gasteiger partial charge in [0.25, 0.3) is 0 Å². The van der Waals surface area contributed by atoms with Gasteiger partial charge in [-0.3, -0.25) is 9.89 Å². The largest absolute Gasteiger partial charge is 0.488 e. The molecule has 4 rings (SSSR count). The van der Waals surface area contributed by atoms with Crippen LogP contribution in [0.3, 0.4) is 0 Å². The van der Waals surface area contributed by atoms with Crippen molar-refractivity contribution in [1.29, 1.82) is 0 Å². The molecule has 0 aliphatic carbocycles. The van der Waals surface area contributed by atoms with Crippen LogP contribution < -0.4 is 15.4 Å². The Morgan fingerprint density at radius 1 is 1.17 bits per heavy atom. The fraction of sp³-hybridized carbons (Fsp3) is 0.565. The first-order chi connectivity index (χ1) is 14.6. The fourth-order valence-electron chi connectivity index (χ4n) is 4.19. The van der Waals surface area contributed by atoms with Gasteiger partial charge in [0, 0.05) is 20.0 Å². The summed E-state index contributed by atoms with van der Waals surface area (Å²) in [6.07, 6.45) is 3.45. The van der Waals surface area contributed by atoms with Gasteiger partial charge in [-0.05, 0) is 57.3 Å². The van der Waals surface area contributed by atoms with Crippen LogP contribution in [0.2, 0.25) is 0 Å². The van der Waals surface area contributed by atoms with Gasteiger partial charge in [-0.15, -0.1) is 0 Å². The van der Waals surface area contributed by atoms with Crippen LogP contribution in [0.15, 0.2) is 33.7 Å². The number of aromatic nitrogens is 1. The van der Waals surface area contributed by atoms with Gasteiger partial charge in [-0.2, -0.15) is 0 Å². The minimum atomic E-state index is 0.159. The molecule has 0 bridgehead atoms. The van der Waals surface area contributed by atoms with Crippen LogP contribution in [0.25, 0.3) is 0 Å². The fourth-order valence-corrected chi connectivity index (χ4v) is 4.19. The predicted molar refractivity (Wildman–Crippen MR) is 118 cm³/mol. The zero-order chi connectivity index (χ0) is 20.9. The van der Waals surface area contributed by atoms with Crippen molar-refractivity contribution in [1.82, 2.24) is 20.5 Å². The first kappa shape index (κ1) is 20.7. The molecule has 1 unspecified atom stereocenters. The van der Waals surface area contributed by atoms with Crippen molar-refractivity contribution in [2.24, 2.45) is 10.9 Å². The van der Waals surface area contributed by atoms with Gasteiger partial charge in [0.2, 0.25) is 5.89 Å². The van der Waals surface area contributed by atoms with E-state index in [-0.39, 0.29) is 6.10 Å². The Morgan fingerprint density at radius 3 is 2.63 bits per heavy atom. The molecule has 7 heteroatoms. The van der Waals surface area contributed by atoms with Crippen molar-refractivity contribution in [3.05, 3.63) is 47.2 Å². The highest BCUT2D eigenvalue weighted by atomic mass is 16.5. The highest BCUT2D eigenvalue weighted by Crippen LogP contribution is 2.27. The first-order valence-corrected chi connectivity index (χ1v) is 10.9. The van der Waals surface area contributed by atoms with Crippen LogP contribution in [0, 0.1) is 19.8 Å². The maximum atomic E-state index is 6.00. The molecule has 162 valence electrons. The summed E-state index contributed by atoms with van der Waals surface area (Å²) in [6, 6.07) is 8.27. The lowest BCUT2D eigenvalue weighted by atomic mass is 9.97. The quantitative estimate of drug-likeness (QED) is 0.562. The van der Waals surface area contributed by atoms with Gasteiger partial charge in [-0.25, -0.2) is 4.98 Å². The Labute approximate surface area is 178 Å². The molecule has 2 aliphatic heterocycles. The molecule has 1 atom stereocenters. The topological polar surface area (TPSA) is 74.9 Å². The van der Waals surface area contributed by atoms with Crippen LogP contribution >= 0.6 is 0 Å². The Kier molecular flexibility index (Phi) is 6.57. The molecule has 7 nitrogen and oxygen atoms in total. The van der Waals surface area contributed by atoms with E-state index in [0.29, 0.717) is 5.92 Å². The lowest BCUT2D eigenvalue weighted by Gasteiger charge is -2.31. The van der Waals surface area contributed by atoms with E-state index < -0.39 is 0 Å². The molecule has 1 saturated heterocycles. The van der Waals surface area contributed by atoms with Gasteiger partial charge < -0.3 is 19.8 Å². The molecule has 0 amide bonds. The normalized spacial score (nSPS) is 20.1. The molecule has 0 spiro atoms. The van der Waals surface area contributed by atoms with E-state index in [1.807, 2.05) is 33.0 Å². The van der Waals surface area contributed by atoms with Crippen molar-refractivity contribution in [2.45, 2.75) is 45.8 Å². The number of nitrogens with one attached hydrogen (secondary N) is 2. The monoisotopic (exact) mass is 411 g/mol. The van der Waals surface area contributed by atoms with Crippen LogP contribution in [0.5, 0.6) is 5.75 Å². The number of para-hydroxylation sites is 1. The molecule has 30 heavy (non-hydrogen) atoms. The van der Waals surface area contributed by atoms with Crippen molar-refractivity contribution in [3.8, 4) is 5.75 Å². The van der Waals surface area contributed by atoms with Gasteiger partial charge in [0.05, 0.1) is 18.8 Å². The van der Waals surface area contributed by atoms with E-state index in [0.717, 1.165) is 68.2 Å². The summed E-state index contributed by atoms with van der Waals surface area (Å²) in [5.74, 6) is 4.27. The highest BCUT2D eigenvalue weighted by Gasteiger charge is 2.23. The smallest absolute Gasteiger partial charge is 0.208 e. The van der Waals surface area contributed by atoms with Gasteiger partial charge in [0.1, 0.15) is 17.6 Å².